The maximum Gasteiger partial charge on any atom is 0.349 e. The van der Waals surface area contributed by atoms with Gasteiger partial charge in [-0.15, -0.1) is 0 Å². The van der Waals surface area contributed by atoms with Crippen LogP contribution in [0.25, 0.3) is 0 Å². The van der Waals surface area contributed by atoms with Crippen molar-refractivity contribution in [3.63, 3.8) is 0 Å². The van der Waals surface area contributed by atoms with E-state index >= 15 is 0 Å². The van der Waals surface area contributed by atoms with E-state index in [1.807, 2.05) is 91.0 Å². The molecule has 3 fully saturated rings. The zero-order chi connectivity index (χ0) is 79.9. The van der Waals surface area contributed by atoms with Gasteiger partial charge in [0, 0.05) is 49.0 Å². The first-order valence-corrected chi connectivity index (χ1v) is 36.9. The largest absolute Gasteiger partial charge is 0.546 e. The molecular formula is C88H110F3N3O19. The lowest BCUT2D eigenvalue weighted by Gasteiger charge is -2.34. The summed E-state index contributed by atoms with van der Waals surface area (Å²) in [6.45, 7) is 8.84. The van der Waals surface area contributed by atoms with Crippen LogP contribution in [0.4, 0.5) is 13.2 Å². The number of nitrogens with one attached hydrogen (secondary N) is 1. The number of carbonyl (C=O) groups excluding carboxylic acids is 3. The van der Waals surface area contributed by atoms with E-state index in [-0.39, 0.29) is 61.2 Å². The van der Waals surface area contributed by atoms with Crippen LogP contribution in [-0.2, 0) is 38.3 Å². The van der Waals surface area contributed by atoms with E-state index in [2.05, 4.69) is 9.80 Å². The van der Waals surface area contributed by atoms with E-state index in [0.29, 0.717) is 46.0 Å². The zero-order valence-electron chi connectivity index (χ0n) is 64.0. The summed E-state index contributed by atoms with van der Waals surface area (Å²) in [4.78, 5) is 53.7. The molecule has 5 atom stereocenters. The monoisotopic (exact) mass is 1570 g/mol. The number of quaternary nitrogens is 1. The molecule has 8 aromatic rings. The number of hydrogen-bond acceptors (Lipinski definition) is 20. The molecule has 0 bridgehead atoms. The second-order valence-corrected chi connectivity index (χ2v) is 27.2. The number of aliphatic hydroxyl groups excluding tert-OH is 3. The van der Waals surface area contributed by atoms with Crippen molar-refractivity contribution in [2.24, 2.45) is 17.8 Å². The topological polar surface area (TPSA) is 275 Å². The summed E-state index contributed by atoms with van der Waals surface area (Å²) in [5.41, 5.74) is 5.72. The van der Waals surface area contributed by atoms with Crippen LogP contribution in [0.2, 0.25) is 0 Å². The van der Waals surface area contributed by atoms with Crippen molar-refractivity contribution >= 4 is 23.9 Å². The van der Waals surface area contributed by atoms with Crippen molar-refractivity contribution in [3.8, 4) is 46.0 Å². The van der Waals surface area contributed by atoms with E-state index < -0.39 is 54.4 Å². The third kappa shape index (κ3) is 26.6. The summed E-state index contributed by atoms with van der Waals surface area (Å²) < 4.78 is 90.8. The molecule has 8 aromatic carbocycles. The van der Waals surface area contributed by atoms with Crippen LogP contribution >= 0.6 is 0 Å². The molecule has 3 aliphatic rings. The third-order valence-corrected chi connectivity index (χ3v) is 20.4. The summed E-state index contributed by atoms with van der Waals surface area (Å²) >= 11 is 0. The number of carboxylic acid groups (broad SMARTS) is 2. The average molecular weight is 1570 g/mol. The van der Waals surface area contributed by atoms with Gasteiger partial charge < -0.3 is 92.4 Å². The number of esters is 2. The molecule has 3 heterocycles. The van der Waals surface area contributed by atoms with Crippen LogP contribution in [0, 0.1) is 35.2 Å². The Bertz CT molecular complexity index is 3800. The molecule has 612 valence electrons. The SMILES string of the molecule is C.C.COc1ccc(C(=O)O[C@H](C(=O)[O-])[C@H](OC(=O)c2ccc(OC)cc2)C(=O)O)cc1.COc1cccc(C(O)C2CCN(CCc3ccc(F)cc3)CC2)c1OC.COc1cccc([C@@H](O)C2CCN(CCc3ccc(F)cc3)CC2)c1OC.COc1cccc([C@@H](O)C2CC[NH+](CCc3ccc(F)cc3)CC2)c1OC. The summed E-state index contributed by atoms with van der Waals surface area (Å²) in [5, 5.41) is 53.5. The average Bonchev–Trinajstić information content (AvgIpc) is 0.833. The molecule has 1 unspecified atom stereocenters. The van der Waals surface area contributed by atoms with Crippen molar-refractivity contribution in [1.29, 1.82) is 0 Å². The van der Waals surface area contributed by atoms with Gasteiger partial charge in [-0.3, -0.25) is 0 Å². The van der Waals surface area contributed by atoms with Crippen LogP contribution in [0.1, 0.15) is 126 Å². The number of aliphatic carboxylic acids is 2. The fourth-order valence-corrected chi connectivity index (χ4v) is 13.9. The van der Waals surface area contributed by atoms with Gasteiger partial charge in [-0.1, -0.05) is 87.6 Å². The lowest BCUT2D eigenvalue weighted by molar-refractivity contribution is -0.906. The van der Waals surface area contributed by atoms with Gasteiger partial charge in [0.2, 0.25) is 6.10 Å². The Labute approximate surface area is 661 Å². The second-order valence-electron chi connectivity index (χ2n) is 27.2. The molecule has 0 radical (unpaired) electrons. The molecule has 5 N–H and O–H groups in total. The lowest BCUT2D eigenvalue weighted by atomic mass is 9.87. The molecule has 0 saturated carbocycles. The van der Waals surface area contributed by atoms with Crippen molar-refractivity contribution in [1.82, 2.24) is 9.80 Å². The quantitative estimate of drug-likeness (QED) is 0.0262. The van der Waals surface area contributed by atoms with Gasteiger partial charge in [-0.05, 0) is 202 Å². The number of methoxy groups -OCH3 is 8. The summed E-state index contributed by atoms with van der Waals surface area (Å²) in [6.07, 6.45) is 2.07. The van der Waals surface area contributed by atoms with Gasteiger partial charge in [0.1, 0.15) is 29.0 Å². The van der Waals surface area contributed by atoms with Crippen molar-refractivity contribution in [3.05, 3.63) is 238 Å². The van der Waals surface area contributed by atoms with Crippen molar-refractivity contribution < 1.29 is 110 Å². The molecule has 0 amide bonds. The molecule has 0 spiro atoms. The molecule has 25 heteroatoms. The fraction of sp³-hybridized carbons (Fsp3) is 0.409. The number of piperidine rings is 3. The van der Waals surface area contributed by atoms with Gasteiger partial charge in [-0.25, -0.2) is 27.6 Å². The van der Waals surface area contributed by atoms with E-state index in [1.165, 1.54) is 105 Å². The highest BCUT2D eigenvalue weighted by atomic mass is 19.1. The lowest BCUT2D eigenvalue weighted by Crippen LogP contribution is -3.13. The van der Waals surface area contributed by atoms with Gasteiger partial charge >= 0.3 is 17.9 Å². The molecule has 113 heavy (non-hydrogen) atoms. The Kier molecular flexibility index (Phi) is 37.7. The standard InChI is InChI=1S/3C22H28FNO3.C20H18O10.2CH4/c3*1-26-20-5-3-4-19(22(20)27-2)21(25)17-11-14-24(15-12-17)13-10-16-6-8-18(23)9-7-16;1-27-13-7-3-11(4-8-13)19(25)29-15(17(21)22)16(18(23)24)30-20(26)12-5-9-14(28-2)10-6-12;;/h3*3-9,17,21,25H,10-15H2,1-2H3;3-10,15-16H,1-2H3,(H,21,22)(H,23,24);2*1H4/t2*21-;;15-,16-;;/m00.0../s1. The van der Waals surface area contributed by atoms with E-state index in [0.717, 1.165) is 145 Å². The predicted molar refractivity (Wildman–Crippen MR) is 421 cm³/mol. The molecule has 11 rings (SSSR count). The summed E-state index contributed by atoms with van der Waals surface area (Å²) in [6, 6.07) is 48.0. The zero-order valence-corrected chi connectivity index (χ0v) is 64.0. The summed E-state index contributed by atoms with van der Waals surface area (Å²) in [5.74, 6) is -1.47. The normalized spacial score (nSPS) is 16.3. The number of likely N-dealkylation sites (tertiary alicyclic amines) is 3. The minimum absolute atomic E-state index is 0. The van der Waals surface area contributed by atoms with Crippen molar-refractivity contribution in [2.45, 2.75) is 103 Å². The smallest absolute Gasteiger partial charge is 0.349 e. The van der Waals surface area contributed by atoms with Crippen LogP contribution in [0.3, 0.4) is 0 Å². The Hall–Kier alpha value is -10.4. The Morgan fingerprint density at radius 3 is 1.02 bits per heavy atom. The Balaban J connectivity index is 0.000000233. The fourth-order valence-electron chi connectivity index (χ4n) is 13.9. The second kappa shape index (κ2) is 46.6. The number of carbonyl (C=O) groups is 4. The summed E-state index contributed by atoms with van der Waals surface area (Å²) in [7, 11) is 12.5. The first-order chi connectivity index (χ1) is 53.6. The number of aliphatic hydroxyl groups is 3. The number of ether oxygens (including phenoxy) is 10. The Morgan fingerprint density at radius 1 is 0.416 bits per heavy atom. The molecule has 0 aromatic heterocycles. The van der Waals surface area contributed by atoms with Gasteiger partial charge in [0.05, 0.1) is 112 Å². The van der Waals surface area contributed by atoms with Crippen LogP contribution < -0.4 is 47.9 Å². The molecular weight excluding hydrogens is 1460 g/mol. The van der Waals surface area contributed by atoms with Gasteiger partial charge in [0.25, 0.3) is 0 Å². The first-order valence-electron chi connectivity index (χ1n) is 36.9. The molecule has 0 aliphatic carbocycles. The Morgan fingerprint density at radius 2 is 0.726 bits per heavy atom. The highest BCUT2D eigenvalue weighted by Crippen LogP contribution is 2.43. The number of rotatable bonds is 30. The highest BCUT2D eigenvalue weighted by Gasteiger charge is 2.38. The number of nitrogens with zero attached hydrogens (tertiary/aromatic N) is 2. The van der Waals surface area contributed by atoms with Crippen LogP contribution in [0.5, 0.6) is 46.0 Å². The van der Waals surface area contributed by atoms with Gasteiger partial charge in [0.15, 0.2) is 40.6 Å². The van der Waals surface area contributed by atoms with E-state index in [4.69, 9.17) is 47.4 Å². The number of benzene rings is 8. The third-order valence-electron chi connectivity index (χ3n) is 20.4. The number of carboxylic acids is 2. The minimum Gasteiger partial charge on any atom is -0.546 e. The number of halogens is 3. The number of para-hydroxylation sites is 3. The predicted octanol–water partition coefficient (Wildman–Crippen LogP) is 11.6. The van der Waals surface area contributed by atoms with E-state index in [1.54, 1.807) is 47.6 Å². The maximum absolute atomic E-state index is 13.0. The molecule has 22 nitrogen and oxygen atoms in total. The van der Waals surface area contributed by atoms with Crippen LogP contribution in [-0.4, -0.2) is 182 Å². The highest BCUT2D eigenvalue weighted by molar-refractivity contribution is 5.95. The van der Waals surface area contributed by atoms with Gasteiger partial charge in [-0.2, -0.15) is 0 Å². The number of hydrogen-bond donors (Lipinski definition) is 5. The van der Waals surface area contributed by atoms with Crippen LogP contribution in [0.15, 0.2) is 176 Å². The van der Waals surface area contributed by atoms with E-state index in [9.17, 15) is 57.9 Å². The molecule has 3 saturated heterocycles. The maximum atomic E-state index is 13.0. The minimum atomic E-state index is -2.39. The molecule has 3 aliphatic heterocycles. The van der Waals surface area contributed by atoms with Crippen molar-refractivity contribution in [2.75, 3.05) is 116 Å². The first kappa shape index (κ1) is 91.5.